The summed E-state index contributed by atoms with van der Waals surface area (Å²) in [6, 6.07) is 12.0. The molecule has 3 aliphatic rings. The SMILES string of the molecule is O=C(O)CCNC(=O)c1ccc(C(C2CC2)N2C(=O)C(c3cc(Cl)cc(Cl)c3)NC23CCCC3)cc1. The molecule has 0 bridgehead atoms. The van der Waals surface area contributed by atoms with E-state index < -0.39 is 17.7 Å². The van der Waals surface area contributed by atoms with Crippen molar-refractivity contribution >= 4 is 41.0 Å². The average Bonchev–Trinajstić information content (AvgIpc) is 3.49. The Morgan fingerprint density at radius 1 is 1.08 bits per heavy atom. The minimum atomic E-state index is -0.957. The lowest BCUT2D eigenvalue weighted by molar-refractivity contribution is -0.137. The Hall–Kier alpha value is -2.61. The summed E-state index contributed by atoms with van der Waals surface area (Å²) in [4.78, 5) is 39.3. The normalized spacial score (nSPS) is 21.7. The number of nitrogens with one attached hydrogen (secondary N) is 2. The molecule has 7 nitrogen and oxygen atoms in total. The Balaban J connectivity index is 1.43. The van der Waals surface area contributed by atoms with Gasteiger partial charge in [0.05, 0.1) is 18.1 Å². The van der Waals surface area contributed by atoms with Crippen molar-refractivity contribution in [1.82, 2.24) is 15.5 Å². The third-order valence-corrected chi connectivity index (χ3v) is 7.93. The number of carboxylic acid groups (broad SMARTS) is 1. The topological polar surface area (TPSA) is 98.7 Å². The minimum absolute atomic E-state index is 0.0302. The van der Waals surface area contributed by atoms with Crippen molar-refractivity contribution in [2.75, 3.05) is 6.54 Å². The number of nitrogens with zero attached hydrogens (tertiary/aromatic N) is 1. The average molecular weight is 530 g/mol. The molecule has 2 aromatic carbocycles. The molecule has 1 saturated heterocycles. The fourth-order valence-electron chi connectivity index (χ4n) is 5.73. The lowest BCUT2D eigenvalue weighted by Crippen LogP contribution is -2.52. The summed E-state index contributed by atoms with van der Waals surface area (Å²) in [6.07, 6.45) is 5.84. The van der Waals surface area contributed by atoms with Gasteiger partial charge in [-0.05, 0) is 85.9 Å². The van der Waals surface area contributed by atoms with E-state index in [0.29, 0.717) is 21.5 Å². The van der Waals surface area contributed by atoms with Crippen LogP contribution in [-0.4, -0.2) is 40.0 Å². The second-order valence-corrected chi connectivity index (χ2v) is 10.9. The van der Waals surface area contributed by atoms with Gasteiger partial charge in [-0.15, -0.1) is 0 Å². The highest BCUT2D eigenvalue weighted by atomic mass is 35.5. The van der Waals surface area contributed by atoms with Crippen LogP contribution in [0.25, 0.3) is 0 Å². The zero-order valence-electron chi connectivity index (χ0n) is 19.8. The molecular formula is C27H29Cl2N3O4. The van der Waals surface area contributed by atoms with Crippen molar-refractivity contribution in [2.24, 2.45) is 5.92 Å². The van der Waals surface area contributed by atoms with Gasteiger partial charge >= 0.3 is 5.97 Å². The fourth-order valence-corrected chi connectivity index (χ4v) is 6.27. The van der Waals surface area contributed by atoms with E-state index in [9.17, 15) is 14.4 Å². The molecule has 0 radical (unpaired) electrons. The van der Waals surface area contributed by atoms with Gasteiger partial charge in [0.25, 0.3) is 5.91 Å². The maximum absolute atomic E-state index is 14.1. The van der Waals surface area contributed by atoms with Crippen LogP contribution in [0.2, 0.25) is 10.0 Å². The summed E-state index contributed by atoms with van der Waals surface area (Å²) < 4.78 is 0. The molecule has 1 aliphatic heterocycles. The van der Waals surface area contributed by atoms with Crippen LogP contribution in [0.1, 0.15) is 78.5 Å². The third-order valence-electron chi connectivity index (χ3n) is 7.49. The lowest BCUT2D eigenvalue weighted by Gasteiger charge is -2.41. The number of hydrogen-bond donors (Lipinski definition) is 3. The monoisotopic (exact) mass is 529 g/mol. The quantitative estimate of drug-likeness (QED) is 0.442. The third kappa shape index (κ3) is 4.97. The molecule has 3 N–H and O–H groups in total. The number of amides is 2. The number of hydrogen-bond acceptors (Lipinski definition) is 4. The molecule has 2 aliphatic carbocycles. The van der Waals surface area contributed by atoms with Gasteiger partial charge in [0.2, 0.25) is 5.91 Å². The van der Waals surface area contributed by atoms with Crippen LogP contribution in [0.15, 0.2) is 42.5 Å². The van der Waals surface area contributed by atoms with Gasteiger partial charge in [-0.2, -0.15) is 0 Å². The summed E-state index contributed by atoms with van der Waals surface area (Å²) >= 11 is 12.5. The van der Waals surface area contributed by atoms with Crippen molar-refractivity contribution in [3.8, 4) is 0 Å². The van der Waals surface area contributed by atoms with E-state index in [1.165, 1.54) is 0 Å². The van der Waals surface area contributed by atoms with Gasteiger partial charge in [-0.25, -0.2) is 0 Å². The van der Waals surface area contributed by atoms with Gasteiger partial charge in [0.1, 0.15) is 6.04 Å². The first kappa shape index (κ1) is 25.1. The molecule has 2 unspecified atom stereocenters. The number of carbonyl (C=O) groups excluding carboxylic acids is 2. The van der Waals surface area contributed by atoms with Crippen LogP contribution in [-0.2, 0) is 9.59 Å². The Bertz CT molecular complexity index is 1160. The molecule has 1 spiro atoms. The molecule has 2 saturated carbocycles. The van der Waals surface area contributed by atoms with E-state index in [1.807, 2.05) is 12.1 Å². The highest BCUT2D eigenvalue weighted by Crippen LogP contribution is 2.53. The number of carbonyl (C=O) groups is 3. The molecule has 1 heterocycles. The van der Waals surface area contributed by atoms with Crippen LogP contribution < -0.4 is 10.6 Å². The Morgan fingerprint density at radius 2 is 1.72 bits per heavy atom. The van der Waals surface area contributed by atoms with Gasteiger partial charge in [-0.3, -0.25) is 19.7 Å². The van der Waals surface area contributed by atoms with Crippen molar-refractivity contribution in [1.29, 1.82) is 0 Å². The maximum atomic E-state index is 14.1. The Kier molecular flexibility index (Phi) is 6.99. The Morgan fingerprint density at radius 3 is 2.31 bits per heavy atom. The van der Waals surface area contributed by atoms with Gasteiger partial charge in [0, 0.05) is 22.2 Å². The molecule has 2 amide bonds. The fraction of sp³-hybridized carbons (Fsp3) is 0.444. The minimum Gasteiger partial charge on any atom is -0.481 e. The second kappa shape index (κ2) is 10.0. The zero-order valence-corrected chi connectivity index (χ0v) is 21.3. The molecule has 5 rings (SSSR count). The van der Waals surface area contributed by atoms with E-state index in [0.717, 1.165) is 49.7 Å². The van der Waals surface area contributed by atoms with Crippen molar-refractivity contribution in [2.45, 2.75) is 62.7 Å². The van der Waals surface area contributed by atoms with Crippen molar-refractivity contribution in [3.63, 3.8) is 0 Å². The van der Waals surface area contributed by atoms with Crippen molar-refractivity contribution < 1.29 is 19.5 Å². The second-order valence-electron chi connectivity index (χ2n) is 10.0. The molecule has 3 fully saturated rings. The standard InChI is InChI=1S/C27H29Cl2N3O4/c28-20-13-19(14-21(29)15-20)23-26(36)32(27(31-23)10-1-2-11-27)24(16-3-4-16)17-5-7-18(8-6-17)25(35)30-12-9-22(33)34/h5-8,13-16,23-24,31H,1-4,9-12H2,(H,30,35)(H,33,34). The molecule has 36 heavy (non-hydrogen) atoms. The first-order valence-electron chi connectivity index (χ1n) is 12.4. The number of benzene rings is 2. The Labute approximate surface area is 220 Å². The highest BCUT2D eigenvalue weighted by Gasteiger charge is 2.56. The smallest absolute Gasteiger partial charge is 0.305 e. The largest absolute Gasteiger partial charge is 0.481 e. The number of carboxylic acids is 1. The first-order valence-corrected chi connectivity index (χ1v) is 13.2. The lowest BCUT2D eigenvalue weighted by atomic mass is 9.95. The zero-order chi connectivity index (χ0) is 25.4. The molecular weight excluding hydrogens is 501 g/mol. The summed E-state index contributed by atoms with van der Waals surface area (Å²) in [5.74, 6) is -0.872. The van der Waals surface area contributed by atoms with E-state index in [2.05, 4.69) is 15.5 Å². The molecule has 190 valence electrons. The van der Waals surface area contributed by atoms with Crippen molar-refractivity contribution in [3.05, 3.63) is 69.2 Å². The summed E-state index contributed by atoms with van der Waals surface area (Å²) in [7, 11) is 0. The number of aliphatic carboxylic acids is 1. The maximum Gasteiger partial charge on any atom is 0.305 e. The molecule has 2 aromatic rings. The van der Waals surface area contributed by atoms with E-state index in [4.69, 9.17) is 28.3 Å². The van der Waals surface area contributed by atoms with Crippen LogP contribution in [0.5, 0.6) is 0 Å². The van der Waals surface area contributed by atoms with Gasteiger partial charge in [0.15, 0.2) is 0 Å². The summed E-state index contributed by atoms with van der Waals surface area (Å²) in [5, 5.41) is 16.1. The first-order chi connectivity index (χ1) is 17.3. The van der Waals surface area contributed by atoms with Gasteiger partial charge < -0.3 is 15.3 Å². The van der Waals surface area contributed by atoms with E-state index in [1.54, 1.807) is 30.3 Å². The predicted octanol–water partition coefficient (Wildman–Crippen LogP) is 5.09. The summed E-state index contributed by atoms with van der Waals surface area (Å²) in [6.45, 7) is 0.0754. The van der Waals surface area contributed by atoms with E-state index in [-0.39, 0.29) is 30.8 Å². The van der Waals surface area contributed by atoms with Crippen LogP contribution in [0, 0.1) is 5.92 Å². The predicted molar refractivity (Wildman–Crippen MR) is 137 cm³/mol. The molecule has 2 atom stereocenters. The number of rotatable bonds is 8. The molecule has 0 aromatic heterocycles. The van der Waals surface area contributed by atoms with Crippen LogP contribution >= 0.6 is 23.2 Å². The summed E-state index contributed by atoms with van der Waals surface area (Å²) in [5.41, 5.74) is 1.82. The van der Waals surface area contributed by atoms with Crippen LogP contribution in [0.4, 0.5) is 0 Å². The highest BCUT2D eigenvalue weighted by molar-refractivity contribution is 6.34. The van der Waals surface area contributed by atoms with Gasteiger partial charge in [-0.1, -0.05) is 35.3 Å². The van der Waals surface area contributed by atoms with Crippen LogP contribution in [0.3, 0.4) is 0 Å². The van der Waals surface area contributed by atoms with E-state index >= 15 is 0 Å². The molecule has 9 heteroatoms. The number of halogens is 2.